The largest absolute Gasteiger partial charge is 0.335 e. The zero-order chi connectivity index (χ0) is 15.2. The van der Waals surface area contributed by atoms with Gasteiger partial charge in [0.2, 0.25) is 0 Å². The van der Waals surface area contributed by atoms with Crippen molar-refractivity contribution < 1.29 is 4.79 Å². The lowest BCUT2D eigenvalue weighted by atomic mass is 9.74. The van der Waals surface area contributed by atoms with E-state index in [1.807, 2.05) is 30.3 Å². The van der Waals surface area contributed by atoms with Crippen LogP contribution in [0.4, 0.5) is 4.79 Å². The summed E-state index contributed by atoms with van der Waals surface area (Å²) < 4.78 is 0. The first-order chi connectivity index (χ1) is 10.1. The second-order valence-electron chi connectivity index (χ2n) is 6.75. The Morgan fingerprint density at radius 2 is 1.95 bits per heavy atom. The molecule has 1 fully saturated rings. The van der Waals surface area contributed by atoms with Crippen molar-refractivity contribution in [2.24, 2.45) is 17.8 Å². The van der Waals surface area contributed by atoms with Crippen LogP contribution in [0, 0.1) is 17.8 Å². The maximum Gasteiger partial charge on any atom is 0.315 e. The molecule has 1 aliphatic rings. The van der Waals surface area contributed by atoms with E-state index < -0.39 is 0 Å². The zero-order valence-electron chi connectivity index (χ0n) is 13.4. The minimum Gasteiger partial charge on any atom is -0.335 e. The highest BCUT2D eigenvalue weighted by molar-refractivity contribution is 5.74. The van der Waals surface area contributed by atoms with E-state index in [9.17, 15) is 4.79 Å². The number of benzene rings is 1. The fourth-order valence-corrected chi connectivity index (χ4v) is 3.37. The summed E-state index contributed by atoms with van der Waals surface area (Å²) in [5.41, 5.74) is 1.13. The molecule has 2 N–H and O–H groups in total. The van der Waals surface area contributed by atoms with Gasteiger partial charge in [-0.05, 0) is 36.2 Å². The molecule has 0 aliphatic heterocycles. The maximum atomic E-state index is 12.1. The van der Waals surface area contributed by atoms with Gasteiger partial charge in [-0.25, -0.2) is 4.79 Å². The number of hydrogen-bond donors (Lipinski definition) is 2. The normalized spacial score (nSPS) is 25.6. The molecule has 0 radical (unpaired) electrons. The van der Waals surface area contributed by atoms with Crippen molar-refractivity contribution in [2.45, 2.75) is 52.6 Å². The summed E-state index contributed by atoms with van der Waals surface area (Å²) in [5.74, 6) is 1.93. The third-order valence-electron chi connectivity index (χ3n) is 4.63. The molecule has 0 bridgehead atoms. The summed E-state index contributed by atoms with van der Waals surface area (Å²) in [7, 11) is 0. The number of amides is 2. The van der Waals surface area contributed by atoms with Crippen molar-refractivity contribution in [3.05, 3.63) is 35.9 Å². The Morgan fingerprint density at radius 3 is 2.62 bits per heavy atom. The molecule has 1 unspecified atom stereocenters. The predicted octanol–water partition coefficient (Wildman–Crippen LogP) is 3.95. The fourth-order valence-electron chi connectivity index (χ4n) is 3.37. The van der Waals surface area contributed by atoms with Crippen LogP contribution in [0.5, 0.6) is 0 Å². The Labute approximate surface area is 128 Å². The van der Waals surface area contributed by atoms with Crippen molar-refractivity contribution in [1.82, 2.24) is 10.6 Å². The van der Waals surface area contributed by atoms with E-state index in [0.29, 0.717) is 30.3 Å². The maximum absolute atomic E-state index is 12.1. The highest BCUT2D eigenvalue weighted by Crippen LogP contribution is 2.33. The highest BCUT2D eigenvalue weighted by Gasteiger charge is 2.31. The molecule has 0 spiro atoms. The average Bonchev–Trinajstić information content (AvgIpc) is 2.46. The summed E-state index contributed by atoms with van der Waals surface area (Å²) >= 11 is 0. The van der Waals surface area contributed by atoms with Crippen molar-refractivity contribution in [3.63, 3.8) is 0 Å². The number of hydrogen-bond acceptors (Lipinski definition) is 1. The molecule has 0 aromatic heterocycles. The molecule has 1 aromatic rings. The molecule has 3 nitrogen and oxygen atoms in total. The second kappa shape index (κ2) is 7.48. The van der Waals surface area contributed by atoms with Gasteiger partial charge in [-0.3, -0.25) is 0 Å². The van der Waals surface area contributed by atoms with Gasteiger partial charge in [-0.1, -0.05) is 57.5 Å². The van der Waals surface area contributed by atoms with Crippen LogP contribution in [0.2, 0.25) is 0 Å². The van der Waals surface area contributed by atoms with Gasteiger partial charge in [-0.2, -0.15) is 0 Å². The van der Waals surface area contributed by atoms with Gasteiger partial charge in [0.25, 0.3) is 0 Å². The van der Waals surface area contributed by atoms with E-state index in [-0.39, 0.29) is 6.03 Å². The molecule has 21 heavy (non-hydrogen) atoms. The third kappa shape index (κ3) is 4.76. The molecule has 1 saturated carbocycles. The summed E-state index contributed by atoms with van der Waals surface area (Å²) in [6.45, 7) is 7.39. The Morgan fingerprint density at radius 1 is 1.24 bits per heavy atom. The predicted molar refractivity (Wildman–Crippen MR) is 86.9 cm³/mol. The average molecular weight is 288 g/mol. The van der Waals surface area contributed by atoms with Gasteiger partial charge in [0.1, 0.15) is 0 Å². The van der Waals surface area contributed by atoms with E-state index in [4.69, 9.17) is 0 Å². The Balaban J connectivity index is 1.85. The lowest BCUT2D eigenvalue weighted by Gasteiger charge is -2.37. The number of carbonyl (C=O) groups is 1. The molecule has 2 rings (SSSR count). The van der Waals surface area contributed by atoms with Crippen molar-refractivity contribution in [1.29, 1.82) is 0 Å². The minimum absolute atomic E-state index is 0.0383. The van der Waals surface area contributed by atoms with Crippen molar-refractivity contribution >= 4 is 6.03 Å². The van der Waals surface area contributed by atoms with Crippen molar-refractivity contribution in [3.8, 4) is 0 Å². The lowest BCUT2D eigenvalue weighted by Crippen LogP contribution is -2.49. The van der Waals surface area contributed by atoms with E-state index in [0.717, 1.165) is 12.0 Å². The standard InChI is InChI=1S/C18H28N2O/c1-13(2)16-10-9-14(3)11-17(16)20-18(21)19-12-15-7-5-4-6-8-15/h4-8,13-14,16-17H,9-12H2,1-3H3,(H2,19,20,21)/t14?,16-,17-/m0/s1. The fraction of sp³-hybridized carbons (Fsp3) is 0.611. The summed E-state index contributed by atoms with van der Waals surface area (Å²) in [5, 5.41) is 6.17. The molecular formula is C18H28N2O. The molecule has 0 saturated heterocycles. The zero-order valence-corrected chi connectivity index (χ0v) is 13.4. The quantitative estimate of drug-likeness (QED) is 0.865. The first-order valence-corrected chi connectivity index (χ1v) is 8.14. The van der Waals surface area contributed by atoms with Crippen LogP contribution >= 0.6 is 0 Å². The Hall–Kier alpha value is -1.51. The molecule has 3 atom stereocenters. The molecule has 1 aliphatic carbocycles. The van der Waals surface area contributed by atoms with Gasteiger partial charge in [0.05, 0.1) is 0 Å². The topological polar surface area (TPSA) is 41.1 Å². The van der Waals surface area contributed by atoms with Crippen LogP contribution in [0.1, 0.15) is 45.6 Å². The van der Waals surface area contributed by atoms with Crippen LogP contribution in [-0.4, -0.2) is 12.1 Å². The van der Waals surface area contributed by atoms with Crippen LogP contribution < -0.4 is 10.6 Å². The summed E-state index contributed by atoms with van der Waals surface area (Å²) in [4.78, 5) is 12.1. The number of urea groups is 1. The molecule has 1 aromatic carbocycles. The van der Waals surface area contributed by atoms with Gasteiger partial charge < -0.3 is 10.6 Å². The molecular weight excluding hydrogens is 260 g/mol. The van der Waals surface area contributed by atoms with Gasteiger partial charge in [0, 0.05) is 12.6 Å². The first kappa shape index (κ1) is 15.9. The molecule has 2 amide bonds. The van der Waals surface area contributed by atoms with Gasteiger partial charge in [-0.15, -0.1) is 0 Å². The van der Waals surface area contributed by atoms with E-state index in [1.54, 1.807) is 0 Å². The van der Waals surface area contributed by atoms with Gasteiger partial charge >= 0.3 is 6.03 Å². The molecule has 0 heterocycles. The number of rotatable bonds is 4. The van der Waals surface area contributed by atoms with Crippen LogP contribution in [-0.2, 0) is 6.54 Å². The number of nitrogens with one attached hydrogen (secondary N) is 2. The first-order valence-electron chi connectivity index (χ1n) is 8.14. The van der Waals surface area contributed by atoms with Gasteiger partial charge in [0.15, 0.2) is 0 Å². The second-order valence-corrected chi connectivity index (χ2v) is 6.75. The smallest absolute Gasteiger partial charge is 0.315 e. The van der Waals surface area contributed by atoms with Crippen LogP contribution in [0.25, 0.3) is 0 Å². The highest BCUT2D eigenvalue weighted by atomic mass is 16.2. The Kier molecular flexibility index (Phi) is 5.66. The summed E-state index contributed by atoms with van der Waals surface area (Å²) in [6, 6.07) is 10.3. The van der Waals surface area contributed by atoms with Crippen LogP contribution in [0.15, 0.2) is 30.3 Å². The third-order valence-corrected chi connectivity index (χ3v) is 4.63. The van der Waals surface area contributed by atoms with E-state index >= 15 is 0 Å². The van der Waals surface area contributed by atoms with E-state index in [2.05, 4.69) is 31.4 Å². The van der Waals surface area contributed by atoms with Crippen LogP contribution in [0.3, 0.4) is 0 Å². The minimum atomic E-state index is -0.0383. The molecule has 116 valence electrons. The van der Waals surface area contributed by atoms with E-state index in [1.165, 1.54) is 12.8 Å². The molecule has 3 heteroatoms. The SMILES string of the molecule is CC1CC[C@@H](C(C)C)[C@@H](NC(=O)NCc2ccccc2)C1. The monoisotopic (exact) mass is 288 g/mol. The number of carbonyl (C=O) groups excluding carboxylic acids is 1. The Bertz CT molecular complexity index is 444. The van der Waals surface area contributed by atoms with Crippen molar-refractivity contribution in [2.75, 3.05) is 0 Å². The summed E-state index contributed by atoms with van der Waals surface area (Å²) in [6.07, 6.45) is 3.61. The lowest BCUT2D eigenvalue weighted by molar-refractivity contribution is 0.168.